The monoisotopic (exact) mass is 268 g/mol. The van der Waals surface area contributed by atoms with Gasteiger partial charge in [-0.05, 0) is 40.6 Å². The molecule has 0 radical (unpaired) electrons. The second-order valence-corrected chi connectivity index (χ2v) is 4.75. The number of aliphatic hydroxyl groups is 1. The van der Waals surface area contributed by atoms with Crippen LogP contribution in [0.25, 0.3) is 10.8 Å². The van der Waals surface area contributed by atoms with Gasteiger partial charge in [-0.2, -0.15) is 5.10 Å². The van der Waals surface area contributed by atoms with Crippen molar-refractivity contribution in [2.45, 2.75) is 6.10 Å². The maximum atomic E-state index is 10.4. The molecule has 102 valence electrons. The first-order valence-electron chi connectivity index (χ1n) is 6.43. The van der Waals surface area contributed by atoms with E-state index in [0.29, 0.717) is 0 Å². The number of fused-ring (bicyclic) bond motifs is 1. The van der Waals surface area contributed by atoms with Crippen LogP contribution in [0.5, 0.6) is 5.75 Å². The van der Waals surface area contributed by atoms with E-state index in [0.717, 1.165) is 27.8 Å². The number of rotatable bonds is 3. The molecular formula is C16H16N2O2. The molecule has 3 rings (SSSR count). The van der Waals surface area contributed by atoms with Crippen LogP contribution in [0.1, 0.15) is 17.4 Å². The average Bonchev–Trinajstić information content (AvgIpc) is 2.91. The smallest absolute Gasteiger partial charge is 0.121 e. The number of benzene rings is 2. The molecule has 2 aromatic carbocycles. The number of aliphatic hydroxyl groups excluding tert-OH is 1. The summed E-state index contributed by atoms with van der Waals surface area (Å²) in [5, 5.41) is 16.7. The molecule has 0 spiro atoms. The van der Waals surface area contributed by atoms with Crippen molar-refractivity contribution in [2.75, 3.05) is 7.11 Å². The quantitative estimate of drug-likeness (QED) is 0.794. The summed E-state index contributed by atoms with van der Waals surface area (Å²) in [6.07, 6.45) is 1.01. The van der Waals surface area contributed by atoms with Crippen LogP contribution >= 0.6 is 0 Å². The number of methoxy groups -OCH3 is 1. The highest BCUT2D eigenvalue weighted by atomic mass is 16.5. The fraction of sp³-hybridized carbons (Fsp3) is 0.188. The normalized spacial score (nSPS) is 12.6. The molecule has 0 amide bonds. The molecule has 0 aliphatic heterocycles. The van der Waals surface area contributed by atoms with Gasteiger partial charge in [-0.15, -0.1) is 0 Å². The molecule has 0 aliphatic rings. The molecule has 1 heterocycles. The lowest BCUT2D eigenvalue weighted by atomic mass is 10.0. The third kappa shape index (κ3) is 2.14. The largest absolute Gasteiger partial charge is 0.497 e. The number of hydrogen-bond donors (Lipinski definition) is 1. The zero-order chi connectivity index (χ0) is 14.1. The molecule has 0 aliphatic carbocycles. The van der Waals surface area contributed by atoms with Crippen LogP contribution in [0.2, 0.25) is 0 Å². The summed E-state index contributed by atoms with van der Waals surface area (Å²) in [6, 6.07) is 13.6. The second-order valence-electron chi connectivity index (χ2n) is 4.75. The van der Waals surface area contributed by atoms with Crippen LogP contribution in [-0.2, 0) is 7.05 Å². The van der Waals surface area contributed by atoms with Gasteiger partial charge in [0.2, 0.25) is 0 Å². The molecule has 1 aromatic heterocycles. The van der Waals surface area contributed by atoms with Gasteiger partial charge in [-0.1, -0.05) is 18.2 Å². The number of nitrogens with zero attached hydrogens (tertiary/aromatic N) is 2. The van der Waals surface area contributed by atoms with Gasteiger partial charge in [0.25, 0.3) is 0 Å². The highest BCUT2D eigenvalue weighted by molar-refractivity contribution is 5.84. The minimum Gasteiger partial charge on any atom is -0.497 e. The van der Waals surface area contributed by atoms with Crippen molar-refractivity contribution in [1.29, 1.82) is 0 Å². The minimum atomic E-state index is -0.672. The summed E-state index contributed by atoms with van der Waals surface area (Å²) in [4.78, 5) is 0. The van der Waals surface area contributed by atoms with E-state index in [1.54, 1.807) is 18.0 Å². The van der Waals surface area contributed by atoms with Gasteiger partial charge in [0.1, 0.15) is 11.9 Å². The van der Waals surface area contributed by atoms with E-state index in [4.69, 9.17) is 4.74 Å². The highest BCUT2D eigenvalue weighted by Crippen LogP contribution is 2.27. The van der Waals surface area contributed by atoms with Gasteiger partial charge in [-0.3, -0.25) is 4.68 Å². The van der Waals surface area contributed by atoms with Crippen molar-refractivity contribution in [3.8, 4) is 5.75 Å². The molecule has 4 nitrogen and oxygen atoms in total. The van der Waals surface area contributed by atoms with Gasteiger partial charge in [-0.25, -0.2) is 0 Å². The van der Waals surface area contributed by atoms with Crippen LogP contribution < -0.4 is 4.74 Å². The summed E-state index contributed by atoms with van der Waals surface area (Å²) < 4.78 is 6.90. The first kappa shape index (κ1) is 12.7. The first-order valence-corrected chi connectivity index (χ1v) is 6.43. The maximum Gasteiger partial charge on any atom is 0.121 e. The molecule has 1 unspecified atom stereocenters. The van der Waals surface area contributed by atoms with Crippen molar-refractivity contribution in [2.24, 2.45) is 7.05 Å². The molecule has 0 fully saturated rings. The topological polar surface area (TPSA) is 47.3 Å². The molecule has 1 N–H and O–H groups in total. The lowest BCUT2D eigenvalue weighted by molar-refractivity contribution is 0.210. The molecule has 4 heteroatoms. The van der Waals surface area contributed by atoms with Crippen LogP contribution in [0.3, 0.4) is 0 Å². The van der Waals surface area contributed by atoms with E-state index < -0.39 is 6.10 Å². The van der Waals surface area contributed by atoms with Crippen molar-refractivity contribution < 1.29 is 9.84 Å². The summed E-state index contributed by atoms with van der Waals surface area (Å²) in [7, 11) is 3.48. The molecule has 0 bridgehead atoms. The van der Waals surface area contributed by atoms with Crippen molar-refractivity contribution in [1.82, 2.24) is 9.78 Å². The van der Waals surface area contributed by atoms with Gasteiger partial charge in [0, 0.05) is 13.2 Å². The second kappa shape index (κ2) is 4.98. The Hall–Kier alpha value is -2.33. The van der Waals surface area contributed by atoms with Gasteiger partial charge < -0.3 is 9.84 Å². The third-order valence-electron chi connectivity index (χ3n) is 3.53. The third-order valence-corrected chi connectivity index (χ3v) is 3.53. The van der Waals surface area contributed by atoms with Gasteiger partial charge in [0.05, 0.1) is 12.8 Å². The highest BCUT2D eigenvalue weighted by Gasteiger charge is 2.14. The van der Waals surface area contributed by atoms with E-state index in [-0.39, 0.29) is 0 Å². The standard InChI is InChI=1S/C16H16N2O2/c1-18-15(7-8-17-18)16(19)13-4-3-12-10-14(20-2)6-5-11(12)9-13/h3-10,16,19H,1-2H3. The molecule has 0 saturated heterocycles. The predicted octanol–water partition coefficient (Wildman–Crippen LogP) is 2.66. The zero-order valence-electron chi connectivity index (χ0n) is 11.4. The summed E-state index contributed by atoms with van der Waals surface area (Å²) in [5.74, 6) is 0.831. The summed E-state index contributed by atoms with van der Waals surface area (Å²) in [5.41, 5.74) is 1.63. The van der Waals surface area contributed by atoms with Crippen LogP contribution in [0.15, 0.2) is 48.7 Å². The number of hydrogen-bond acceptors (Lipinski definition) is 3. The Morgan fingerprint density at radius 3 is 2.55 bits per heavy atom. The van der Waals surface area contributed by atoms with Crippen molar-refractivity contribution in [3.63, 3.8) is 0 Å². The predicted molar refractivity (Wildman–Crippen MR) is 77.8 cm³/mol. The SMILES string of the molecule is COc1ccc2cc(C(O)c3ccnn3C)ccc2c1. The Balaban J connectivity index is 2.03. The number of aromatic nitrogens is 2. The first-order chi connectivity index (χ1) is 9.69. The Morgan fingerprint density at radius 2 is 1.85 bits per heavy atom. The molecule has 1 atom stereocenters. The van der Waals surface area contributed by atoms with Crippen LogP contribution in [-0.4, -0.2) is 22.0 Å². The van der Waals surface area contributed by atoms with E-state index in [9.17, 15) is 5.11 Å². The number of ether oxygens (including phenoxy) is 1. The molecule has 20 heavy (non-hydrogen) atoms. The number of aryl methyl sites for hydroxylation is 1. The van der Waals surface area contributed by atoms with E-state index in [2.05, 4.69) is 5.10 Å². The molecule has 0 saturated carbocycles. The lowest BCUT2D eigenvalue weighted by Gasteiger charge is -2.12. The fourth-order valence-corrected chi connectivity index (χ4v) is 2.36. The van der Waals surface area contributed by atoms with Crippen molar-refractivity contribution in [3.05, 3.63) is 59.9 Å². The van der Waals surface area contributed by atoms with Crippen LogP contribution in [0, 0.1) is 0 Å². The summed E-state index contributed by atoms with van der Waals surface area (Å²) in [6.45, 7) is 0. The summed E-state index contributed by atoms with van der Waals surface area (Å²) >= 11 is 0. The van der Waals surface area contributed by atoms with Crippen molar-refractivity contribution >= 4 is 10.8 Å². The average molecular weight is 268 g/mol. The fourth-order valence-electron chi connectivity index (χ4n) is 2.36. The van der Waals surface area contributed by atoms with Gasteiger partial charge >= 0.3 is 0 Å². The van der Waals surface area contributed by atoms with E-state index in [1.807, 2.05) is 49.5 Å². The Labute approximate surface area is 117 Å². The lowest BCUT2D eigenvalue weighted by Crippen LogP contribution is -2.06. The minimum absolute atomic E-state index is 0.672. The Kier molecular flexibility index (Phi) is 3.16. The zero-order valence-corrected chi connectivity index (χ0v) is 11.4. The Morgan fingerprint density at radius 1 is 1.10 bits per heavy atom. The maximum absolute atomic E-state index is 10.4. The molecule has 3 aromatic rings. The van der Waals surface area contributed by atoms with Crippen LogP contribution in [0.4, 0.5) is 0 Å². The van der Waals surface area contributed by atoms with E-state index in [1.165, 1.54) is 0 Å². The van der Waals surface area contributed by atoms with E-state index >= 15 is 0 Å². The Bertz CT molecular complexity index is 749. The van der Waals surface area contributed by atoms with Gasteiger partial charge in [0.15, 0.2) is 0 Å². The molecular weight excluding hydrogens is 252 g/mol.